The summed E-state index contributed by atoms with van der Waals surface area (Å²) in [5, 5.41) is 9.94. The highest BCUT2D eigenvalue weighted by Crippen LogP contribution is 2.49. The molecule has 3 heteroatoms. The van der Waals surface area contributed by atoms with E-state index >= 15 is 0 Å². The Hall–Kier alpha value is -1.32. The molecule has 1 heterocycles. The number of rotatable bonds is 3. The molecule has 0 saturated carbocycles. The van der Waals surface area contributed by atoms with E-state index in [-0.39, 0.29) is 22.4 Å². The van der Waals surface area contributed by atoms with Gasteiger partial charge < -0.3 is 5.11 Å². The number of hydrogen-bond acceptors (Lipinski definition) is 2. The molecule has 134 valence electrons. The minimum atomic E-state index is 0. The van der Waals surface area contributed by atoms with E-state index in [0.717, 1.165) is 25.9 Å². The van der Waals surface area contributed by atoms with Gasteiger partial charge in [0.25, 0.3) is 0 Å². The Morgan fingerprint density at radius 1 is 1.16 bits per heavy atom. The van der Waals surface area contributed by atoms with Crippen molar-refractivity contribution < 1.29 is 5.11 Å². The number of benzene rings is 2. The lowest BCUT2D eigenvalue weighted by atomic mass is 9.59. The van der Waals surface area contributed by atoms with Crippen molar-refractivity contribution in [2.45, 2.75) is 44.6 Å². The fourth-order valence-corrected chi connectivity index (χ4v) is 4.89. The number of piperidine rings is 1. The van der Waals surface area contributed by atoms with Crippen LogP contribution in [0.3, 0.4) is 0 Å². The van der Waals surface area contributed by atoms with Gasteiger partial charge in [0.15, 0.2) is 0 Å². The summed E-state index contributed by atoms with van der Waals surface area (Å²) in [5.74, 6) is 1.03. The van der Waals surface area contributed by atoms with Crippen LogP contribution in [0.4, 0.5) is 0 Å². The van der Waals surface area contributed by atoms with E-state index in [9.17, 15) is 5.11 Å². The molecule has 3 atom stereocenters. The maximum atomic E-state index is 9.94. The SMILES string of the molecule is Br.C[C@@H]1[C@@H]2Cc3ccc(O)cc3[C@@]1(C)CCN2CCc1ccccc1. The highest BCUT2D eigenvalue weighted by atomic mass is 79.9. The summed E-state index contributed by atoms with van der Waals surface area (Å²) in [6, 6.07) is 17.4. The smallest absolute Gasteiger partial charge is 0.115 e. The molecule has 1 aliphatic heterocycles. The highest BCUT2D eigenvalue weighted by Gasteiger charge is 2.48. The van der Waals surface area contributed by atoms with Gasteiger partial charge in [0.2, 0.25) is 0 Å². The number of aromatic hydroxyl groups is 1. The third-order valence-corrected chi connectivity index (χ3v) is 6.64. The molecule has 1 saturated heterocycles. The Bertz CT molecular complexity index is 732. The predicted molar refractivity (Wildman–Crippen MR) is 109 cm³/mol. The van der Waals surface area contributed by atoms with Gasteiger partial charge in [0.05, 0.1) is 0 Å². The number of nitrogens with zero attached hydrogens (tertiary/aromatic N) is 1. The summed E-state index contributed by atoms with van der Waals surface area (Å²) in [6.07, 6.45) is 3.42. The van der Waals surface area contributed by atoms with Crippen LogP contribution in [0.15, 0.2) is 48.5 Å². The molecule has 2 bridgehead atoms. The molecule has 4 rings (SSSR count). The molecule has 1 N–H and O–H groups in total. The monoisotopic (exact) mass is 401 g/mol. The number of phenols is 1. The molecular formula is C22H28BrNO. The van der Waals surface area contributed by atoms with Crippen molar-refractivity contribution in [3.8, 4) is 5.75 Å². The largest absolute Gasteiger partial charge is 0.508 e. The topological polar surface area (TPSA) is 23.5 Å². The maximum absolute atomic E-state index is 9.94. The lowest BCUT2D eigenvalue weighted by Crippen LogP contribution is -2.58. The van der Waals surface area contributed by atoms with Gasteiger partial charge in [-0.05, 0) is 66.0 Å². The van der Waals surface area contributed by atoms with E-state index in [2.05, 4.69) is 55.1 Å². The van der Waals surface area contributed by atoms with Crippen LogP contribution in [-0.2, 0) is 18.3 Å². The van der Waals surface area contributed by atoms with E-state index in [4.69, 9.17) is 0 Å². The van der Waals surface area contributed by atoms with Crippen LogP contribution in [-0.4, -0.2) is 29.1 Å². The Morgan fingerprint density at radius 3 is 2.68 bits per heavy atom. The molecule has 2 aliphatic rings. The third kappa shape index (κ3) is 3.24. The number of phenolic OH excluding ortho intramolecular Hbond substituents is 1. The molecule has 0 spiro atoms. The Balaban J connectivity index is 0.00000182. The molecule has 0 unspecified atom stereocenters. The van der Waals surface area contributed by atoms with Gasteiger partial charge in [-0.15, -0.1) is 17.0 Å². The van der Waals surface area contributed by atoms with E-state index in [1.807, 2.05) is 12.1 Å². The van der Waals surface area contributed by atoms with Gasteiger partial charge in [-0.3, -0.25) is 4.90 Å². The first-order valence-corrected chi connectivity index (χ1v) is 9.18. The first kappa shape index (κ1) is 18.5. The zero-order valence-electron chi connectivity index (χ0n) is 15.1. The van der Waals surface area contributed by atoms with Crippen molar-refractivity contribution >= 4 is 17.0 Å². The van der Waals surface area contributed by atoms with Crippen molar-refractivity contribution in [1.82, 2.24) is 4.90 Å². The normalized spacial score (nSPS) is 28.1. The minimum absolute atomic E-state index is 0. The van der Waals surface area contributed by atoms with Crippen molar-refractivity contribution in [1.29, 1.82) is 0 Å². The Morgan fingerprint density at radius 2 is 1.92 bits per heavy atom. The fraction of sp³-hybridized carbons (Fsp3) is 0.455. The van der Waals surface area contributed by atoms with E-state index < -0.39 is 0 Å². The Labute approximate surface area is 161 Å². The summed E-state index contributed by atoms with van der Waals surface area (Å²) < 4.78 is 0. The number of halogens is 1. The maximum Gasteiger partial charge on any atom is 0.115 e. The van der Waals surface area contributed by atoms with E-state index in [1.54, 1.807) is 0 Å². The lowest BCUT2D eigenvalue weighted by molar-refractivity contribution is 0.0322. The van der Waals surface area contributed by atoms with Crippen LogP contribution in [0.2, 0.25) is 0 Å². The number of likely N-dealkylation sites (tertiary alicyclic amines) is 1. The molecule has 2 aromatic carbocycles. The zero-order valence-corrected chi connectivity index (χ0v) is 16.8. The van der Waals surface area contributed by atoms with Gasteiger partial charge in [0.1, 0.15) is 5.75 Å². The van der Waals surface area contributed by atoms with Gasteiger partial charge in [-0.2, -0.15) is 0 Å². The molecule has 2 nitrogen and oxygen atoms in total. The molecule has 2 aromatic rings. The van der Waals surface area contributed by atoms with E-state index in [1.165, 1.54) is 23.1 Å². The molecule has 0 aromatic heterocycles. The molecular weight excluding hydrogens is 374 g/mol. The van der Waals surface area contributed by atoms with Crippen molar-refractivity contribution in [3.05, 3.63) is 65.2 Å². The summed E-state index contributed by atoms with van der Waals surface area (Å²) in [7, 11) is 0. The van der Waals surface area contributed by atoms with Crippen LogP contribution in [0.25, 0.3) is 0 Å². The van der Waals surface area contributed by atoms with Crippen molar-refractivity contribution in [3.63, 3.8) is 0 Å². The average molecular weight is 402 g/mol. The fourth-order valence-electron chi connectivity index (χ4n) is 4.89. The summed E-state index contributed by atoms with van der Waals surface area (Å²) >= 11 is 0. The second-order valence-corrected chi connectivity index (χ2v) is 7.84. The Kier molecular flexibility index (Phi) is 5.26. The number of fused-ring (bicyclic) bond motifs is 4. The highest BCUT2D eigenvalue weighted by molar-refractivity contribution is 8.93. The third-order valence-electron chi connectivity index (χ3n) is 6.64. The first-order chi connectivity index (χ1) is 11.6. The molecule has 1 aliphatic carbocycles. The average Bonchev–Trinajstić information content (AvgIpc) is 2.59. The summed E-state index contributed by atoms with van der Waals surface area (Å²) in [6.45, 7) is 7.11. The van der Waals surface area contributed by atoms with Crippen LogP contribution in [0, 0.1) is 5.92 Å². The van der Waals surface area contributed by atoms with Crippen molar-refractivity contribution in [2.75, 3.05) is 13.1 Å². The zero-order chi connectivity index (χ0) is 16.7. The van der Waals surface area contributed by atoms with Crippen molar-refractivity contribution in [2.24, 2.45) is 5.92 Å². The second-order valence-electron chi connectivity index (χ2n) is 7.84. The van der Waals surface area contributed by atoms with Crippen LogP contribution in [0.5, 0.6) is 5.75 Å². The van der Waals surface area contributed by atoms with Crippen LogP contribution in [0.1, 0.15) is 37.0 Å². The summed E-state index contributed by atoms with van der Waals surface area (Å²) in [4.78, 5) is 2.70. The van der Waals surface area contributed by atoms with E-state index in [0.29, 0.717) is 17.7 Å². The quantitative estimate of drug-likeness (QED) is 0.802. The molecule has 0 amide bonds. The van der Waals surface area contributed by atoms with Crippen LogP contribution >= 0.6 is 17.0 Å². The molecule has 0 radical (unpaired) electrons. The van der Waals surface area contributed by atoms with Crippen LogP contribution < -0.4 is 0 Å². The van der Waals surface area contributed by atoms with Gasteiger partial charge in [-0.1, -0.05) is 50.2 Å². The molecule has 1 fully saturated rings. The predicted octanol–water partition coefficient (Wildman–Crippen LogP) is 4.74. The standard InChI is InChI=1S/C22H27NO.BrH/c1-16-21-14-18-8-9-19(24)15-20(18)22(16,2)11-13-23(21)12-10-17-6-4-3-5-7-17;/h3-9,15-16,21,24H,10-14H2,1-2H3;1H/t16-,21+,22+;/m1./s1. The van der Waals surface area contributed by atoms with Gasteiger partial charge in [-0.25, -0.2) is 0 Å². The summed E-state index contributed by atoms with van der Waals surface area (Å²) in [5.41, 5.74) is 4.44. The number of hydrogen-bond donors (Lipinski definition) is 1. The second kappa shape index (κ2) is 7.13. The van der Waals surface area contributed by atoms with Gasteiger partial charge in [0, 0.05) is 12.6 Å². The first-order valence-electron chi connectivity index (χ1n) is 9.18. The minimum Gasteiger partial charge on any atom is -0.508 e. The molecule has 25 heavy (non-hydrogen) atoms. The van der Waals surface area contributed by atoms with Gasteiger partial charge >= 0.3 is 0 Å². The lowest BCUT2D eigenvalue weighted by Gasteiger charge is -2.54.